The van der Waals surface area contributed by atoms with Crippen molar-refractivity contribution in [2.24, 2.45) is 17.8 Å². The standard InChI is InChI=1S/C14H25N3O2S2/c1-8(2)11(9(3)4)7-16-14-12(13(15)17-20-14)21(18,19)10-5-6-10/h8-11,16H,5-7H2,1-4H3,(H2,15,17). The molecule has 0 atom stereocenters. The van der Waals surface area contributed by atoms with Crippen molar-refractivity contribution >= 4 is 32.2 Å². The van der Waals surface area contributed by atoms with Crippen molar-refractivity contribution in [1.82, 2.24) is 4.37 Å². The van der Waals surface area contributed by atoms with E-state index in [-0.39, 0.29) is 16.0 Å². The molecule has 0 aromatic carbocycles. The zero-order valence-corrected chi connectivity index (χ0v) is 14.7. The van der Waals surface area contributed by atoms with E-state index in [2.05, 4.69) is 37.4 Å². The van der Waals surface area contributed by atoms with Crippen molar-refractivity contribution in [2.75, 3.05) is 17.6 Å². The van der Waals surface area contributed by atoms with Crippen LogP contribution in [0.3, 0.4) is 0 Å². The summed E-state index contributed by atoms with van der Waals surface area (Å²) in [5.74, 6) is 1.68. The molecule has 0 unspecified atom stereocenters. The van der Waals surface area contributed by atoms with E-state index in [1.165, 1.54) is 0 Å². The van der Waals surface area contributed by atoms with E-state index in [1.54, 1.807) is 0 Å². The average Bonchev–Trinajstić information content (AvgIpc) is 3.14. The third-order valence-electron chi connectivity index (χ3n) is 4.13. The summed E-state index contributed by atoms with van der Waals surface area (Å²) in [5, 5.41) is 3.62. The predicted molar refractivity (Wildman–Crippen MR) is 88.4 cm³/mol. The molecule has 0 aliphatic heterocycles. The first-order chi connectivity index (χ1) is 9.75. The van der Waals surface area contributed by atoms with Crippen LogP contribution in [0.1, 0.15) is 40.5 Å². The fourth-order valence-corrected chi connectivity index (χ4v) is 5.57. The van der Waals surface area contributed by atoms with Gasteiger partial charge in [0, 0.05) is 6.54 Å². The zero-order chi connectivity index (χ0) is 15.8. The van der Waals surface area contributed by atoms with Crippen LogP contribution in [0.2, 0.25) is 0 Å². The number of anilines is 2. The summed E-state index contributed by atoms with van der Waals surface area (Å²) in [4.78, 5) is 0.223. The summed E-state index contributed by atoms with van der Waals surface area (Å²) in [6.07, 6.45) is 1.47. The first-order valence-electron chi connectivity index (χ1n) is 7.48. The Morgan fingerprint density at radius 2 is 1.86 bits per heavy atom. The van der Waals surface area contributed by atoms with Crippen LogP contribution in [-0.2, 0) is 9.84 Å². The Balaban J connectivity index is 2.18. The van der Waals surface area contributed by atoms with Crippen LogP contribution in [0.15, 0.2) is 4.90 Å². The molecule has 0 spiro atoms. The topological polar surface area (TPSA) is 85.1 Å². The van der Waals surface area contributed by atoms with E-state index in [9.17, 15) is 8.42 Å². The van der Waals surface area contributed by atoms with E-state index in [0.29, 0.717) is 22.8 Å². The lowest BCUT2D eigenvalue weighted by molar-refractivity contribution is 0.304. The van der Waals surface area contributed by atoms with Gasteiger partial charge in [-0.1, -0.05) is 27.7 Å². The molecule has 0 bridgehead atoms. The quantitative estimate of drug-likeness (QED) is 0.802. The van der Waals surface area contributed by atoms with E-state index < -0.39 is 9.84 Å². The predicted octanol–water partition coefficient (Wildman–Crippen LogP) is 3.00. The van der Waals surface area contributed by atoms with E-state index in [4.69, 9.17) is 5.73 Å². The average molecular weight is 332 g/mol. The SMILES string of the molecule is CC(C)C(CNc1snc(N)c1S(=O)(=O)C1CC1)C(C)C. The molecular formula is C14H25N3O2S2. The molecule has 7 heteroatoms. The number of rotatable bonds is 7. The molecule has 2 rings (SSSR count). The molecule has 0 radical (unpaired) electrons. The Hall–Kier alpha value is -0.820. The molecule has 21 heavy (non-hydrogen) atoms. The van der Waals surface area contributed by atoms with Crippen molar-refractivity contribution in [3.05, 3.63) is 0 Å². The number of hydrogen-bond acceptors (Lipinski definition) is 6. The summed E-state index contributed by atoms with van der Waals surface area (Å²) in [6, 6.07) is 0. The van der Waals surface area contributed by atoms with Crippen LogP contribution >= 0.6 is 11.5 Å². The van der Waals surface area contributed by atoms with Gasteiger partial charge in [0.1, 0.15) is 9.90 Å². The van der Waals surface area contributed by atoms with Crippen molar-refractivity contribution < 1.29 is 8.42 Å². The maximum atomic E-state index is 12.5. The fraction of sp³-hybridized carbons (Fsp3) is 0.786. The highest BCUT2D eigenvalue weighted by Gasteiger charge is 2.40. The minimum Gasteiger partial charge on any atom is -0.382 e. The maximum absolute atomic E-state index is 12.5. The van der Waals surface area contributed by atoms with Gasteiger partial charge in [-0.25, -0.2) is 8.42 Å². The van der Waals surface area contributed by atoms with Gasteiger partial charge in [0.2, 0.25) is 0 Å². The van der Waals surface area contributed by atoms with Gasteiger partial charge in [-0.15, -0.1) is 0 Å². The Morgan fingerprint density at radius 1 is 1.29 bits per heavy atom. The van der Waals surface area contributed by atoms with Crippen LogP contribution in [0.5, 0.6) is 0 Å². The zero-order valence-electron chi connectivity index (χ0n) is 13.1. The van der Waals surface area contributed by atoms with Gasteiger partial charge in [-0.2, -0.15) is 4.37 Å². The first-order valence-corrected chi connectivity index (χ1v) is 9.80. The molecule has 1 saturated carbocycles. The van der Waals surface area contributed by atoms with Crippen molar-refractivity contribution in [3.63, 3.8) is 0 Å². The summed E-state index contributed by atoms with van der Waals surface area (Å²) in [5.41, 5.74) is 5.80. The third kappa shape index (κ3) is 3.51. The van der Waals surface area contributed by atoms with Gasteiger partial charge in [0.15, 0.2) is 15.7 Å². The number of sulfone groups is 1. The molecule has 1 aliphatic carbocycles. The van der Waals surface area contributed by atoms with Gasteiger partial charge in [0.25, 0.3) is 0 Å². The van der Waals surface area contributed by atoms with Crippen LogP contribution in [-0.4, -0.2) is 24.6 Å². The number of nitrogens with one attached hydrogen (secondary N) is 1. The lowest BCUT2D eigenvalue weighted by atomic mass is 9.85. The van der Waals surface area contributed by atoms with Gasteiger partial charge in [-0.3, -0.25) is 0 Å². The number of nitrogens with zero attached hydrogens (tertiary/aromatic N) is 1. The monoisotopic (exact) mass is 331 g/mol. The van der Waals surface area contributed by atoms with Gasteiger partial charge in [0.05, 0.1) is 5.25 Å². The van der Waals surface area contributed by atoms with Crippen molar-refractivity contribution in [2.45, 2.75) is 50.7 Å². The molecule has 3 N–H and O–H groups in total. The minimum absolute atomic E-state index is 0.139. The molecule has 1 heterocycles. The van der Waals surface area contributed by atoms with Crippen LogP contribution in [0.4, 0.5) is 10.8 Å². The lowest BCUT2D eigenvalue weighted by Gasteiger charge is -2.25. The van der Waals surface area contributed by atoms with E-state index in [0.717, 1.165) is 30.9 Å². The molecule has 1 aromatic rings. The van der Waals surface area contributed by atoms with Crippen LogP contribution in [0.25, 0.3) is 0 Å². The Morgan fingerprint density at radius 3 is 2.33 bits per heavy atom. The minimum atomic E-state index is -3.31. The third-order valence-corrected chi connectivity index (χ3v) is 7.41. The van der Waals surface area contributed by atoms with Crippen molar-refractivity contribution in [1.29, 1.82) is 0 Å². The maximum Gasteiger partial charge on any atom is 0.187 e. The fourth-order valence-electron chi connectivity index (χ4n) is 2.68. The van der Waals surface area contributed by atoms with E-state index in [1.807, 2.05) is 0 Å². The molecule has 120 valence electrons. The van der Waals surface area contributed by atoms with Gasteiger partial charge >= 0.3 is 0 Å². The second-order valence-electron chi connectivity index (χ2n) is 6.50. The smallest absolute Gasteiger partial charge is 0.187 e. The lowest BCUT2D eigenvalue weighted by Crippen LogP contribution is -2.25. The summed E-state index contributed by atoms with van der Waals surface area (Å²) >= 11 is 1.15. The highest BCUT2D eigenvalue weighted by molar-refractivity contribution is 7.92. The number of hydrogen-bond donors (Lipinski definition) is 2. The molecule has 0 amide bonds. The number of aromatic nitrogens is 1. The molecule has 1 aromatic heterocycles. The normalized spacial score (nSPS) is 16.1. The van der Waals surface area contributed by atoms with Crippen LogP contribution < -0.4 is 11.1 Å². The number of nitrogen functional groups attached to an aromatic ring is 1. The van der Waals surface area contributed by atoms with E-state index >= 15 is 0 Å². The summed E-state index contributed by atoms with van der Waals surface area (Å²) < 4.78 is 29.0. The Labute approximate surface area is 131 Å². The second-order valence-corrected chi connectivity index (χ2v) is 9.44. The largest absolute Gasteiger partial charge is 0.382 e. The highest BCUT2D eigenvalue weighted by atomic mass is 32.2. The second kappa shape index (κ2) is 6.12. The molecule has 5 nitrogen and oxygen atoms in total. The molecule has 1 fully saturated rings. The Kier molecular flexibility index (Phi) is 4.82. The summed E-state index contributed by atoms with van der Waals surface area (Å²) in [7, 11) is -3.31. The molecular weight excluding hydrogens is 306 g/mol. The summed E-state index contributed by atoms with van der Waals surface area (Å²) in [6.45, 7) is 9.50. The first kappa shape index (κ1) is 16.5. The highest BCUT2D eigenvalue weighted by Crippen LogP contribution is 2.41. The number of nitrogens with two attached hydrogens (primary N) is 1. The van der Waals surface area contributed by atoms with Gasteiger partial charge < -0.3 is 11.1 Å². The Bertz CT molecular complexity index is 581. The molecule has 0 saturated heterocycles. The van der Waals surface area contributed by atoms with Crippen molar-refractivity contribution in [3.8, 4) is 0 Å². The van der Waals surface area contributed by atoms with Gasteiger partial charge in [-0.05, 0) is 42.1 Å². The molecule has 1 aliphatic rings. The van der Waals surface area contributed by atoms with Crippen LogP contribution in [0, 0.1) is 17.8 Å².